The van der Waals surface area contributed by atoms with Gasteiger partial charge in [-0.05, 0) is 56.8 Å². The molecule has 1 amide bonds. The minimum atomic E-state index is -0.00536. The number of rotatable bonds is 4. The van der Waals surface area contributed by atoms with E-state index < -0.39 is 0 Å². The molecular weight excluding hydrogens is 262 g/mol. The molecular formula is C17H25N3O. The smallest absolute Gasteiger partial charge is 0.237 e. The van der Waals surface area contributed by atoms with Gasteiger partial charge in [0.1, 0.15) is 0 Å². The van der Waals surface area contributed by atoms with Gasteiger partial charge in [0.25, 0.3) is 0 Å². The zero-order valence-corrected chi connectivity index (χ0v) is 12.8. The van der Waals surface area contributed by atoms with Crippen molar-refractivity contribution in [3.8, 4) is 0 Å². The third-order valence-corrected chi connectivity index (χ3v) is 4.58. The SMILES string of the molecule is CC(NC(=O)C1CCCN1)c1cccc(N2CCCC2)c1. The molecule has 4 heteroatoms. The summed E-state index contributed by atoms with van der Waals surface area (Å²) in [6.07, 6.45) is 4.61. The number of nitrogens with one attached hydrogen (secondary N) is 2. The summed E-state index contributed by atoms with van der Waals surface area (Å²) in [6, 6.07) is 8.64. The number of carbonyl (C=O) groups is 1. The summed E-state index contributed by atoms with van der Waals surface area (Å²) < 4.78 is 0. The minimum absolute atomic E-state index is 0.00536. The summed E-state index contributed by atoms with van der Waals surface area (Å²) in [6.45, 7) is 5.32. The molecule has 2 aliphatic heterocycles. The van der Waals surface area contributed by atoms with E-state index in [1.54, 1.807) is 0 Å². The van der Waals surface area contributed by atoms with E-state index in [4.69, 9.17) is 0 Å². The van der Waals surface area contributed by atoms with Crippen LogP contribution in [0.4, 0.5) is 5.69 Å². The van der Waals surface area contributed by atoms with Gasteiger partial charge in [-0.3, -0.25) is 4.79 Å². The van der Waals surface area contributed by atoms with Crippen molar-refractivity contribution in [2.24, 2.45) is 0 Å². The third kappa shape index (κ3) is 3.38. The molecule has 0 radical (unpaired) electrons. The van der Waals surface area contributed by atoms with Gasteiger partial charge in [-0.2, -0.15) is 0 Å². The van der Waals surface area contributed by atoms with E-state index in [0.717, 1.165) is 32.5 Å². The summed E-state index contributed by atoms with van der Waals surface area (Å²) in [4.78, 5) is 14.6. The number of hydrogen-bond acceptors (Lipinski definition) is 3. The van der Waals surface area contributed by atoms with Gasteiger partial charge in [-0.1, -0.05) is 12.1 Å². The van der Waals surface area contributed by atoms with Gasteiger partial charge in [0.15, 0.2) is 0 Å². The Hall–Kier alpha value is -1.55. The van der Waals surface area contributed by atoms with Crippen molar-refractivity contribution in [2.45, 2.75) is 44.7 Å². The van der Waals surface area contributed by atoms with E-state index in [1.165, 1.54) is 24.1 Å². The van der Waals surface area contributed by atoms with E-state index in [2.05, 4.69) is 46.7 Å². The fourth-order valence-corrected chi connectivity index (χ4v) is 3.27. The number of benzene rings is 1. The average molecular weight is 287 g/mol. The Labute approximate surface area is 126 Å². The van der Waals surface area contributed by atoms with Gasteiger partial charge in [-0.25, -0.2) is 0 Å². The lowest BCUT2D eigenvalue weighted by Gasteiger charge is -2.21. The quantitative estimate of drug-likeness (QED) is 0.892. The maximum Gasteiger partial charge on any atom is 0.237 e. The first-order valence-electron chi connectivity index (χ1n) is 8.13. The van der Waals surface area contributed by atoms with Gasteiger partial charge in [0.2, 0.25) is 5.91 Å². The molecule has 1 aromatic carbocycles. The molecule has 0 bridgehead atoms. The predicted molar refractivity (Wildman–Crippen MR) is 85.5 cm³/mol. The van der Waals surface area contributed by atoms with Crippen LogP contribution in [0.25, 0.3) is 0 Å². The number of carbonyl (C=O) groups excluding carboxylic acids is 1. The standard InChI is InChI=1S/C17H25N3O/c1-13(19-17(21)16-8-5-9-18-16)14-6-4-7-15(12-14)20-10-2-3-11-20/h4,6-7,12-13,16,18H,2-3,5,8-11H2,1H3,(H,19,21). The maximum atomic E-state index is 12.2. The molecule has 114 valence electrons. The molecule has 1 aromatic rings. The number of hydrogen-bond donors (Lipinski definition) is 2. The molecule has 2 aliphatic rings. The zero-order chi connectivity index (χ0) is 14.7. The van der Waals surface area contributed by atoms with E-state index in [-0.39, 0.29) is 18.0 Å². The first-order chi connectivity index (χ1) is 10.2. The van der Waals surface area contributed by atoms with Crippen LogP contribution in [0.15, 0.2) is 24.3 Å². The van der Waals surface area contributed by atoms with E-state index in [0.29, 0.717) is 0 Å². The van der Waals surface area contributed by atoms with Crippen LogP contribution in [0, 0.1) is 0 Å². The lowest BCUT2D eigenvalue weighted by atomic mass is 10.1. The van der Waals surface area contributed by atoms with Crippen molar-refractivity contribution in [1.82, 2.24) is 10.6 Å². The normalized spacial score (nSPS) is 23.3. The first kappa shape index (κ1) is 14.4. The van der Waals surface area contributed by atoms with Crippen molar-refractivity contribution >= 4 is 11.6 Å². The van der Waals surface area contributed by atoms with Crippen LogP contribution in [0.2, 0.25) is 0 Å². The molecule has 3 rings (SSSR count). The van der Waals surface area contributed by atoms with Gasteiger partial charge >= 0.3 is 0 Å². The molecule has 21 heavy (non-hydrogen) atoms. The summed E-state index contributed by atoms with van der Waals surface area (Å²) in [5.74, 6) is 0.131. The average Bonchev–Trinajstić information content (AvgIpc) is 3.20. The lowest BCUT2D eigenvalue weighted by Crippen LogP contribution is -2.41. The molecule has 2 fully saturated rings. The molecule has 4 nitrogen and oxygen atoms in total. The maximum absolute atomic E-state index is 12.2. The Balaban J connectivity index is 1.64. The summed E-state index contributed by atoms with van der Waals surface area (Å²) >= 11 is 0. The highest BCUT2D eigenvalue weighted by atomic mass is 16.2. The Morgan fingerprint density at radius 2 is 2.14 bits per heavy atom. The minimum Gasteiger partial charge on any atom is -0.372 e. The van der Waals surface area contributed by atoms with Crippen molar-refractivity contribution < 1.29 is 4.79 Å². The molecule has 0 saturated carbocycles. The fourth-order valence-electron chi connectivity index (χ4n) is 3.27. The molecule has 2 atom stereocenters. The van der Waals surface area contributed by atoms with E-state index >= 15 is 0 Å². The van der Waals surface area contributed by atoms with Crippen molar-refractivity contribution in [3.05, 3.63) is 29.8 Å². The van der Waals surface area contributed by atoms with Crippen LogP contribution in [0.3, 0.4) is 0 Å². The Bertz CT molecular complexity index is 491. The van der Waals surface area contributed by atoms with Crippen LogP contribution < -0.4 is 15.5 Å². The van der Waals surface area contributed by atoms with Crippen LogP contribution in [-0.2, 0) is 4.79 Å². The second-order valence-electron chi connectivity index (χ2n) is 6.17. The van der Waals surface area contributed by atoms with Crippen molar-refractivity contribution in [3.63, 3.8) is 0 Å². The molecule has 2 unspecified atom stereocenters. The second-order valence-corrected chi connectivity index (χ2v) is 6.17. The summed E-state index contributed by atoms with van der Waals surface area (Å²) in [7, 11) is 0. The number of anilines is 1. The van der Waals surface area contributed by atoms with Crippen molar-refractivity contribution in [2.75, 3.05) is 24.5 Å². The monoisotopic (exact) mass is 287 g/mol. The van der Waals surface area contributed by atoms with Crippen LogP contribution >= 0.6 is 0 Å². The Morgan fingerprint density at radius 1 is 1.33 bits per heavy atom. The second kappa shape index (κ2) is 6.48. The van der Waals surface area contributed by atoms with Gasteiger partial charge in [0.05, 0.1) is 12.1 Å². The van der Waals surface area contributed by atoms with Crippen LogP contribution in [0.5, 0.6) is 0 Å². The van der Waals surface area contributed by atoms with Crippen molar-refractivity contribution in [1.29, 1.82) is 0 Å². The highest BCUT2D eigenvalue weighted by Gasteiger charge is 2.23. The van der Waals surface area contributed by atoms with Gasteiger partial charge < -0.3 is 15.5 Å². The molecule has 2 N–H and O–H groups in total. The fraction of sp³-hybridized carbons (Fsp3) is 0.588. The van der Waals surface area contributed by atoms with Gasteiger partial charge in [0, 0.05) is 18.8 Å². The highest BCUT2D eigenvalue weighted by molar-refractivity contribution is 5.82. The number of amides is 1. The summed E-state index contributed by atoms with van der Waals surface area (Å²) in [5, 5.41) is 6.39. The molecule has 2 heterocycles. The van der Waals surface area contributed by atoms with E-state index in [9.17, 15) is 4.79 Å². The highest BCUT2D eigenvalue weighted by Crippen LogP contribution is 2.24. The topological polar surface area (TPSA) is 44.4 Å². The molecule has 0 aliphatic carbocycles. The molecule has 2 saturated heterocycles. The third-order valence-electron chi connectivity index (χ3n) is 4.58. The Morgan fingerprint density at radius 3 is 2.86 bits per heavy atom. The molecule has 0 spiro atoms. The predicted octanol–water partition coefficient (Wildman–Crippen LogP) is 2.22. The molecule has 0 aromatic heterocycles. The van der Waals surface area contributed by atoms with Crippen LogP contribution in [-0.4, -0.2) is 31.6 Å². The number of nitrogens with zero attached hydrogens (tertiary/aromatic N) is 1. The van der Waals surface area contributed by atoms with E-state index in [1.807, 2.05) is 0 Å². The largest absolute Gasteiger partial charge is 0.372 e. The van der Waals surface area contributed by atoms with Crippen LogP contribution in [0.1, 0.15) is 44.2 Å². The summed E-state index contributed by atoms with van der Waals surface area (Å²) in [5.41, 5.74) is 2.47. The first-order valence-corrected chi connectivity index (χ1v) is 8.13. The lowest BCUT2D eigenvalue weighted by molar-refractivity contribution is -0.123. The Kier molecular flexibility index (Phi) is 4.44. The van der Waals surface area contributed by atoms with Gasteiger partial charge in [-0.15, -0.1) is 0 Å². The zero-order valence-electron chi connectivity index (χ0n) is 12.8.